The molecule has 92 valence electrons. The fourth-order valence-corrected chi connectivity index (χ4v) is 3.69. The Hall–Kier alpha value is -0.260. The van der Waals surface area contributed by atoms with Crippen molar-refractivity contribution >= 4 is 17.7 Å². The van der Waals surface area contributed by atoms with Crippen LogP contribution in [0.25, 0.3) is 0 Å². The lowest BCUT2D eigenvalue weighted by molar-refractivity contribution is -0.138. The molecule has 0 radical (unpaired) electrons. The van der Waals surface area contributed by atoms with Crippen LogP contribution in [0.1, 0.15) is 6.42 Å². The first-order chi connectivity index (χ1) is 7.74. The van der Waals surface area contributed by atoms with E-state index in [2.05, 4.69) is 16.7 Å². The van der Waals surface area contributed by atoms with Crippen molar-refractivity contribution in [2.75, 3.05) is 50.8 Å². The predicted molar refractivity (Wildman–Crippen MR) is 65.9 cm³/mol. The van der Waals surface area contributed by atoms with Crippen molar-refractivity contribution in [3.05, 3.63) is 0 Å². The first kappa shape index (κ1) is 12.2. The molecule has 0 spiro atoms. The highest BCUT2D eigenvalue weighted by Gasteiger charge is 2.23. The lowest BCUT2D eigenvalue weighted by atomic mass is 10.1. The summed E-state index contributed by atoms with van der Waals surface area (Å²) in [5.41, 5.74) is 0. The minimum Gasteiger partial charge on any atom is -0.480 e. The summed E-state index contributed by atoms with van der Waals surface area (Å²) in [6.45, 7) is 5.31. The number of carboxylic acids is 1. The molecule has 0 aromatic rings. The number of thioether (sulfide) groups is 1. The SMILES string of the molecule is O=C(O)CN1CCN(CC2CCSC2)CC1. The lowest BCUT2D eigenvalue weighted by Gasteiger charge is -2.34. The van der Waals surface area contributed by atoms with Gasteiger partial charge in [0.15, 0.2) is 0 Å². The number of hydrogen-bond acceptors (Lipinski definition) is 4. The Labute approximate surface area is 101 Å². The van der Waals surface area contributed by atoms with Crippen molar-refractivity contribution in [3.63, 3.8) is 0 Å². The second kappa shape index (κ2) is 5.89. The van der Waals surface area contributed by atoms with Crippen LogP contribution in [0.2, 0.25) is 0 Å². The standard InChI is InChI=1S/C11H20N2O2S/c14-11(15)8-13-4-2-12(3-5-13)7-10-1-6-16-9-10/h10H,1-9H2,(H,14,15). The first-order valence-corrected chi connectivity index (χ1v) is 7.14. The molecule has 0 bridgehead atoms. The molecule has 1 atom stereocenters. The van der Waals surface area contributed by atoms with Gasteiger partial charge in [-0.25, -0.2) is 0 Å². The highest BCUT2D eigenvalue weighted by Crippen LogP contribution is 2.24. The van der Waals surface area contributed by atoms with Crippen LogP contribution < -0.4 is 0 Å². The maximum Gasteiger partial charge on any atom is 0.317 e. The Morgan fingerprint density at radius 1 is 1.25 bits per heavy atom. The first-order valence-electron chi connectivity index (χ1n) is 5.98. The Kier molecular flexibility index (Phi) is 4.49. The van der Waals surface area contributed by atoms with Gasteiger partial charge in [-0.05, 0) is 23.8 Å². The smallest absolute Gasteiger partial charge is 0.317 e. The number of hydrogen-bond donors (Lipinski definition) is 1. The normalized spacial score (nSPS) is 28.4. The summed E-state index contributed by atoms with van der Waals surface area (Å²) in [5, 5.41) is 8.70. The summed E-state index contributed by atoms with van der Waals surface area (Å²) >= 11 is 2.06. The van der Waals surface area contributed by atoms with E-state index in [-0.39, 0.29) is 6.54 Å². The Morgan fingerprint density at radius 2 is 1.94 bits per heavy atom. The molecule has 2 heterocycles. The van der Waals surface area contributed by atoms with Gasteiger partial charge in [0.05, 0.1) is 6.54 Å². The van der Waals surface area contributed by atoms with Gasteiger partial charge in [0.2, 0.25) is 0 Å². The van der Waals surface area contributed by atoms with Crippen LogP contribution in [0.15, 0.2) is 0 Å². The van der Waals surface area contributed by atoms with E-state index in [0.717, 1.165) is 32.1 Å². The van der Waals surface area contributed by atoms with E-state index in [4.69, 9.17) is 5.11 Å². The highest BCUT2D eigenvalue weighted by atomic mass is 32.2. The molecule has 16 heavy (non-hydrogen) atoms. The molecule has 1 unspecified atom stereocenters. The lowest BCUT2D eigenvalue weighted by Crippen LogP contribution is -2.49. The second-order valence-corrected chi connectivity index (χ2v) is 5.85. The fourth-order valence-electron chi connectivity index (χ4n) is 2.41. The highest BCUT2D eigenvalue weighted by molar-refractivity contribution is 7.99. The van der Waals surface area contributed by atoms with Gasteiger partial charge in [0.25, 0.3) is 0 Å². The van der Waals surface area contributed by atoms with Crippen LogP contribution in [-0.4, -0.2) is 71.6 Å². The maximum atomic E-state index is 10.6. The van der Waals surface area contributed by atoms with Gasteiger partial charge in [-0.3, -0.25) is 9.69 Å². The molecule has 0 aromatic carbocycles. The molecule has 0 aliphatic carbocycles. The summed E-state index contributed by atoms with van der Waals surface area (Å²) in [6.07, 6.45) is 1.36. The maximum absolute atomic E-state index is 10.6. The molecule has 1 N–H and O–H groups in total. The molecular formula is C11H20N2O2S. The minimum absolute atomic E-state index is 0.202. The van der Waals surface area contributed by atoms with Crippen LogP contribution in [-0.2, 0) is 4.79 Å². The molecule has 2 fully saturated rings. The molecule has 2 aliphatic heterocycles. The van der Waals surface area contributed by atoms with E-state index in [1.807, 2.05) is 4.90 Å². The third-order valence-corrected chi connectivity index (χ3v) is 4.60. The summed E-state index contributed by atoms with van der Waals surface area (Å²) < 4.78 is 0. The van der Waals surface area contributed by atoms with E-state index in [1.165, 1.54) is 24.5 Å². The molecule has 0 saturated carbocycles. The molecule has 0 amide bonds. The number of carboxylic acid groups (broad SMARTS) is 1. The second-order valence-electron chi connectivity index (χ2n) is 4.70. The minimum atomic E-state index is -0.708. The van der Waals surface area contributed by atoms with E-state index in [0.29, 0.717) is 0 Å². The number of rotatable bonds is 4. The topological polar surface area (TPSA) is 43.8 Å². The van der Waals surface area contributed by atoms with Crippen molar-refractivity contribution in [3.8, 4) is 0 Å². The zero-order chi connectivity index (χ0) is 11.4. The molecule has 2 saturated heterocycles. The number of carbonyl (C=O) groups is 1. The molecule has 4 nitrogen and oxygen atoms in total. The van der Waals surface area contributed by atoms with E-state index >= 15 is 0 Å². The molecule has 0 aromatic heterocycles. The summed E-state index contributed by atoms with van der Waals surface area (Å²) in [4.78, 5) is 15.1. The van der Waals surface area contributed by atoms with E-state index < -0.39 is 5.97 Å². The van der Waals surface area contributed by atoms with Crippen molar-refractivity contribution in [2.24, 2.45) is 5.92 Å². The predicted octanol–water partition coefficient (Wildman–Crippen LogP) is 0.442. The van der Waals surface area contributed by atoms with Crippen LogP contribution in [0.5, 0.6) is 0 Å². The summed E-state index contributed by atoms with van der Waals surface area (Å²) in [5.74, 6) is 2.80. The average molecular weight is 244 g/mol. The van der Waals surface area contributed by atoms with Crippen molar-refractivity contribution in [2.45, 2.75) is 6.42 Å². The molecular weight excluding hydrogens is 224 g/mol. The third-order valence-electron chi connectivity index (χ3n) is 3.36. The fraction of sp³-hybridized carbons (Fsp3) is 0.909. The van der Waals surface area contributed by atoms with Gasteiger partial charge in [0, 0.05) is 32.7 Å². The quantitative estimate of drug-likeness (QED) is 0.777. The van der Waals surface area contributed by atoms with E-state index in [9.17, 15) is 4.79 Å². The van der Waals surface area contributed by atoms with Crippen LogP contribution in [0.3, 0.4) is 0 Å². The summed E-state index contributed by atoms with van der Waals surface area (Å²) in [6, 6.07) is 0. The van der Waals surface area contributed by atoms with Gasteiger partial charge in [-0.15, -0.1) is 0 Å². The number of aliphatic carboxylic acids is 1. The largest absolute Gasteiger partial charge is 0.480 e. The molecule has 2 aliphatic rings. The monoisotopic (exact) mass is 244 g/mol. The Bertz CT molecular complexity index is 236. The van der Waals surface area contributed by atoms with Gasteiger partial charge < -0.3 is 10.0 Å². The Morgan fingerprint density at radius 3 is 2.50 bits per heavy atom. The summed E-state index contributed by atoms with van der Waals surface area (Å²) in [7, 11) is 0. The van der Waals surface area contributed by atoms with Crippen molar-refractivity contribution in [1.29, 1.82) is 0 Å². The molecule has 2 rings (SSSR count). The number of piperazine rings is 1. The van der Waals surface area contributed by atoms with Gasteiger partial charge in [-0.2, -0.15) is 11.8 Å². The zero-order valence-electron chi connectivity index (χ0n) is 9.60. The van der Waals surface area contributed by atoms with Gasteiger partial charge in [0.1, 0.15) is 0 Å². The average Bonchev–Trinajstić information content (AvgIpc) is 2.73. The zero-order valence-corrected chi connectivity index (χ0v) is 10.4. The van der Waals surface area contributed by atoms with Crippen molar-refractivity contribution < 1.29 is 9.90 Å². The van der Waals surface area contributed by atoms with E-state index in [1.54, 1.807) is 0 Å². The van der Waals surface area contributed by atoms with Gasteiger partial charge in [-0.1, -0.05) is 0 Å². The van der Waals surface area contributed by atoms with Crippen molar-refractivity contribution in [1.82, 2.24) is 9.80 Å². The third kappa shape index (κ3) is 3.64. The van der Waals surface area contributed by atoms with Crippen LogP contribution in [0.4, 0.5) is 0 Å². The Balaban J connectivity index is 1.66. The number of nitrogens with zero attached hydrogens (tertiary/aromatic N) is 2. The van der Waals surface area contributed by atoms with Crippen LogP contribution in [0, 0.1) is 5.92 Å². The van der Waals surface area contributed by atoms with Crippen LogP contribution >= 0.6 is 11.8 Å². The van der Waals surface area contributed by atoms with Gasteiger partial charge >= 0.3 is 5.97 Å². The molecule has 5 heteroatoms.